The summed E-state index contributed by atoms with van der Waals surface area (Å²) in [7, 11) is 1.54. The Morgan fingerprint density at radius 1 is 0.857 bits per heavy atom. The van der Waals surface area contributed by atoms with E-state index >= 15 is 0 Å². The summed E-state index contributed by atoms with van der Waals surface area (Å²) >= 11 is 6.63. The van der Waals surface area contributed by atoms with Crippen molar-refractivity contribution in [3.63, 3.8) is 0 Å². The summed E-state index contributed by atoms with van der Waals surface area (Å²) < 4.78 is 5.22. The Kier molecular flexibility index (Phi) is 10.5. The summed E-state index contributed by atoms with van der Waals surface area (Å²) in [5.74, 6) is -0.145. The molecule has 1 aromatic heterocycles. The normalized spacial score (nSPS) is 17.0. The van der Waals surface area contributed by atoms with Crippen molar-refractivity contribution in [1.29, 1.82) is 0 Å². The number of carbonyl (C=O) groups excluding carboxylic acids is 2. The topological polar surface area (TPSA) is 69.2 Å². The van der Waals surface area contributed by atoms with Crippen molar-refractivity contribution in [3.8, 4) is 0 Å². The summed E-state index contributed by atoms with van der Waals surface area (Å²) in [6.45, 7) is 5.48. The summed E-state index contributed by atoms with van der Waals surface area (Å²) in [5, 5.41) is 0.671. The van der Waals surface area contributed by atoms with Gasteiger partial charge in [0.15, 0.2) is 0 Å². The third kappa shape index (κ3) is 7.48. The van der Waals surface area contributed by atoms with Crippen LogP contribution in [0.5, 0.6) is 0 Å². The number of anilines is 2. The maximum atomic E-state index is 14.2. The predicted molar refractivity (Wildman–Crippen MR) is 167 cm³/mol. The molecule has 3 aromatic rings. The van der Waals surface area contributed by atoms with Gasteiger partial charge in [-0.3, -0.25) is 19.5 Å². The first-order valence-corrected chi connectivity index (χ1v) is 15.2. The fourth-order valence-electron chi connectivity index (χ4n) is 5.86. The standard InChI is InChI=1S/C33H40ClN5O3/c1-42-25-32(40)39-19-9-16-36(24-28-11-5-6-15-35-28)20-21-38(23-27-10-3-4-12-30(27)39)33(41)26-13-14-29(34)31(22-26)37-17-7-2-8-18-37/h3-6,10-15,22H,2,7-9,16-21,23-25H2,1H3. The lowest BCUT2D eigenvalue weighted by atomic mass is 10.1. The quantitative estimate of drug-likeness (QED) is 0.391. The third-order valence-electron chi connectivity index (χ3n) is 8.04. The van der Waals surface area contributed by atoms with E-state index in [1.807, 2.05) is 70.5 Å². The van der Waals surface area contributed by atoms with E-state index in [2.05, 4.69) is 14.8 Å². The second kappa shape index (κ2) is 14.6. The van der Waals surface area contributed by atoms with E-state index in [4.69, 9.17) is 16.3 Å². The van der Waals surface area contributed by atoms with Gasteiger partial charge in [0.25, 0.3) is 11.8 Å². The Bertz CT molecular complexity index is 1350. The Morgan fingerprint density at radius 2 is 1.67 bits per heavy atom. The number of piperidine rings is 1. The van der Waals surface area contributed by atoms with Gasteiger partial charge in [0, 0.05) is 76.9 Å². The van der Waals surface area contributed by atoms with Gasteiger partial charge >= 0.3 is 0 Å². The monoisotopic (exact) mass is 589 g/mol. The Balaban J connectivity index is 1.47. The van der Waals surface area contributed by atoms with E-state index in [9.17, 15) is 9.59 Å². The highest BCUT2D eigenvalue weighted by Crippen LogP contribution is 2.31. The van der Waals surface area contributed by atoms with E-state index in [1.54, 1.807) is 6.20 Å². The third-order valence-corrected chi connectivity index (χ3v) is 8.36. The van der Waals surface area contributed by atoms with Gasteiger partial charge in [-0.25, -0.2) is 0 Å². The fourth-order valence-corrected chi connectivity index (χ4v) is 6.09. The van der Waals surface area contributed by atoms with Crippen molar-refractivity contribution in [2.45, 2.75) is 38.8 Å². The van der Waals surface area contributed by atoms with Crippen molar-refractivity contribution in [3.05, 3.63) is 88.7 Å². The molecule has 0 radical (unpaired) electrons. The number of nitrogens with zero attached hydrogens (tertiary/aromatic N) is 5. The van der Waals surface area contributed by atoms with Crippen LogP contribution in [0.2, 0.25) is 5.02 Å². The second-order valence-corrected chi connectivity index (χ2v) is 11.4. The molecule has 0 spiro atoms. The maximum Gasteiger partial charge on any atom is 0.254 e. The van der Waals surface area contributed by atoms with E-state index in [-0.39, 0.29) is 18.4 Å². The molecule has 42 heavy (non-hydrogen) atoms. The van der Waals surface area contributed by atoms with Gasteiger partial charge in [-0.05, 0) is 67.6 Å². The van der Waals surface area contributed by atoms with Crippen molar-refractivity contribution < 1.29 is 14.3 Å². The summed E-state index contributed by atoms with van der Waals surface area (Å²) in [6, 6.07) is 19.4. The van der Waals surface area contributed by atoms with Gasteiger partial charge in [0.1, 0.15) is 6.61 Å². The zero-order chi connectivity index (χ0) is 29.3. The number of pyridine rings is 1. The van der Waals surface area contributed by atoms with E-state index < -0.39 is 0 Å². The second-order valence-electron chi connectivity index (χ2n) is 11.0. The molecule has 0 saturated carbocycles. The molecule has 8 nitrogen and oxygen atoms in total. The van der Waals surface area contributed by atoms with Crippen LogP contribution < -0.4 is 9.80 Å². The Labute approximate surface area is 253 Å². The van der Waals surface area contributed by atoms with Crippen LogP contribution in [0, 0.1) is 0 Å². The molecule has 0 bridgehead atoms. The van der Waals surface area contributed by atoms with Crippen molar-refractivity contribution >= 4 is 34.8 Å². The zero-order valence-corrected chi connectivity index (χ0v) is 25.1. The molecule has 2 aromatic carbocycles. The average Bonchev–Trinajstić information content (AvgIpc) is 3.05. The number of fused-ring (bicyclic) bond motifs is 1. The molecule has 0 N–H and O–H groups in total. The summed E-state index contributed by atoms with van der Waals surface area (Å²) in [4.78, 5) is 40.3. The number of amides is 2. The number of carbonyl (C=O) groups is 2. The highest BCUT2D eigenvalue weighted by atomic mass is 35.5. The van der Waals surface area contributed by atoms with Crippen LogP contribution in [0.1, 0.15) is 47.3 Å². The molecule has 0 aliphatic carbocycles. The van der Waals surface area contributed by atoms with Gasteiger partial charge in [-0.15, -0.1) is 0 Å². The van der Waals surface area contributed by atoms with Gasteiger partial charge in [-0.1, -0.05) is 35.9 Å². The van der Waals surface area contributed by atoms with Crippen LogP contribution in [0.4, 0.5) is 11.4 Å². The van der Waals surface area contributed by atoms with Crippen LogP contribution >= 0.6 is 11.6 Å². The van der Waals surface area contributed by atoms with Crippen LogP contribution in [0.3, 0.4) is 0 Å². The molecule has 5 rings (SSSR count). The smallest absolute Gasteiger partial charge is 0.254 e. The molecule has 0 unspecified atom stereocenters. The lowest BCUT2D eigenvalue weighted by Gasteiger charge is -2.31. The predicted octanol–water partition coefficient (Wildman–Crippen LogP) is 5.25. The first-order valence-electron chi connectivity index (χ1n) is 14.9. The molecule has 1 fully saturated rings. The van der Waals surface area contributed by atoms with Crippen molar-refractivity contribution in [2.24, 2.45) is 0 Å². The van der Waals surface area contributed by atoms with Gasteiger partial charge in [-0.2, -0.15) is 0 Å². The number of hydrogen-bond acceptors (Lipinski definition) is 6. The highest BCUT2D eigenvalue weighted by molar-refractivity contribution is 6.33. The first-order chi connectivity index (χ1) is 20.5. The largest absolute Gasteiger partial charge is 0.375 e. The van der Waals surface area contributed by atoms with E-state index in [1.165, 1.54) is 13.5 Å². The van der Waals surface area contributed by atoms with E-state index in [0.29, 0.717) is 43.3 Å². The SMILES string of the molecule is COCC(=O)N1CCCN(Cc2ccccn2)CCN(C(=O)c2ccc(Cl)c(N3CCCCC3)c2)Cc2ccccc21. The molecule has 2 amide bonds. The number of methoxy groups -OCH3 is 1. The molecule has 3 heterocycles. The molecule has 9 heteroatoms. The highest BCUT2D eigenvalue weighted by Gasteiger charge is 2.25. The minimum absolute atomic E-state index is 0.00131. The molecule has 2 aliphatic rings. The first kappa shape index (κ1) is 30.0. The van der Waals surface area contributed by atoms with Crippen LogP contribution in [-0.4, -0.2) is 79.6 Å². The van der Waals surface area contributed by atoms with Gasteiger partial charge < -0.3 is 19.4 Å². The van der Waals surface area contributed by atoms with E-state index in [0.717, 1.165) is 61.5 Å². The molecule has 222 valence electrons. The number of para-hydroxylation sites is 1. The Morgan fingerprint density at radius 3 is 2.45 bits per heavy atom. The number of rotatable bonds is 6. The average molecular weight is 590 g/mol. The van der Waals surface area contributed by atoms with Crippen LogP contribution in [-0.2, 0) is 22.6 Å². The van der Waals surface area contributed by atoms with Crippen molar-refractivity contribution in [1.82, 2.24) is 14.8 Å². The number of ether oxygens (including phenoxy) is 1. The summed E-state index contributed by atoms with van der Waals surface area (Å²) in [6.07, 6.45) is 6.06. The van der Waals surface area contributed by atoms with Crippen molar-refractivity contribution in [2.75, 3.05) is 62.8 Å². The molecular formula is C33H40ClN5O3. The molecule has 1 saturated heterocycles. The number of benzene rings is 2. The number of halogens is 1. The molecular weight excluding hydrogens is 550 g/mol. The number of aromatic nitrogens is 1. The van der Waals surface area contributed by atoms with Crippen LogP contribution in [0.25, 0.3) is 0 Å². The summed E-state index contributed by atoms with van der Waals surface area (Å²) in [5.41, 5.74) is 4.27. The van der Waals surface area contributed by atoms with Crippen LogP contribution in [0.15, 0.2) is 66.9 Å². The Hall–Kier alpha value is -3.46. The van der Waals surface area contributed by atoms with Gasteiger partial charge in [0.05, 0.1) is 16.4 Å². The zero-order valence-electron chi connectivity index (χ0n) is 24.4. The molecule has 0 atom stereocenters. The lowest BCUT2D eigenvalue weighted by Crippen LogP contribution is -2.39. The number of hydrogen-bond donors (Lipinski definition) is 0. The minimum atomic E-state index is -0.0952. The van der Waals surface area contributed by atoms with Gasteiger partial charge in [0.2, 0.25) is 0 Å². The maximum absolute atomic E-state index is 14.2. The fraction of sp³-hybridized carbons (Fsp3) is 0.424. The minimum Gasteiger partial charge on any atom is -0.375 e. The lowest BCUT2D eigenvalue weighted by molar-refractivity contribution is -0.122. The molecule has 2 aliphatic heterocycles.